The van der Waals surface area contributed by atoms with Crippen molar-refractivity contribution in [2.45, 2.75) is 26.6 Å². The highest BCUT2D eigenvalue weighted by atomic mass is 35.5. The van der Waals surface area contributed by atoms with E-state index in [1.54, 1.807) is 92.2 Å². The molecule has 0 unspecified atom stereocenters. The Kier molecular flexibility index (Phi) is 9.20. The number of alkyl halides is 3. The summed E-state index contributed by atoms with van der Waals surface area (Å²) in [6, 6.07) is 23.6. The Bertz CT molecular complexity index is 1950. The first-order valence-electron chi connectivity index (χ1n) is 14.4. The average molecular weight is 647 g/mol. The van der Waals surface area contributed by atoms with Crippen LogP contribution in [0.5, 0.6) is 0 Å². The fourth-order valence-corrected chi connectivity index (χ4v) is 5.12. The molecule has 0 aliphatic heterocycles. The largest absolute Gasteiger partial charge is 0.416 e. The second-order valence-electron chi connectivity index (χ2n) is 11.1. The van der Waals surface area contributed by atoms with E-state index in [1.807, 2.05) is 0 Å². The molecule has 3 N–H and O–H groups in total. The van der Waals surface area contributed by atoms with Crippen molar-refractivity contribution in [3.63, 3.8) is 0 Å². The normalized spacial score (nSPS) is 11.5. The number of aromatic nitrogens is 1. The number of halogens is 4. The fraction of sp³-hybridized carbons (Fsp3) is 0.171. The molecule has 4 aromatic carbocycles. The van der Waals surface area contributed by atoms with E-state index in [4.69, 9.17) is 11.6 Å². The fourth-order valence-electron chi connectivity index (χ4n) is 4.92. The van der Waals surface area contributed by atoms with Crippen molar-refractivity contribution >= 4 is 51.6 Å². The predicted molar refractivity (Wildman–Crippen MR) is 174 cm³/mol. The zero-order valence-electron chi connectivity index (χ0n) is 25.1. The second-order valence-corrected chi connectivity index (χ2v) is 11.5. The molecule has 46 heavy (non-hydrogen) atoms. The van der Waals surface area contributed by atoms with Crippen LogP contribution in [-0.2, 0) is 24.6 Å². The van der Waals surface area contributed by atoms with Gasteiger partial charge in [0, 0.05) is 41.8 Å². The Hall–Kier alpha value is -5.09. The molecule has 0 fully saturated rings. The molecule has 0 radical (unpaired) electrons. The molecule has 0 spiro atoms. The number of aryl methyl sites for hydroxylation is 1. The van der Waals surface area contributed by atoms with Crippen LogP contribution in [0, 0.1) is 5.92 Å². The summed E-state index contributed by atoms with van der Waals surface area (Å²) in [5.41, 5.74) is 3.55. The molecular formula is C35H30ClF3N4O3. The Morgan fingerprint density at radius 3 is 2.20 bits per heavy atom. The van der Waals surface area contributed by atoms with E-state index in [1.165, 1.54) is 12.1 Å². The lowest BCUT2D eigenvalue weighted by Crippen LogP contribution is -2.27. The Balaban J connectivity index is 1.30. The summed E-state index contributed by atoms with van der Waals surface area (Å²) in [4.78, 5) is 38.4. The third-order valence-electron chi connectivity index (χ3n) is 7.47. The molecule has 11 heteroatoms. The van der Waals surface area contributed by atoms with Gasteiger partial charge in [-0.15, -0.1) is 0 Å². The average Bonchev–Trinajstić information content (AvgIpc) is 3.35. The lowest BCUT2D eigenvalue weighted by Gasteiger charge is -2.11. The van der Waals surface area contributed by atoms with Gasteiger partial charge in [-0.05, 0) is 77.4 Å². The van der Waals surface area contributed by atoms with Crippen LogP contribution in [0.3, 0.4) is 0 Å². The molecular weight excluding hydrogens is 617 g/mol. The lowest BCUT2D eigenvalue weighted by atomic mass is 10.0. The molecule has 0 saturated carbocycles. The third-order valence-corrected chi connectivity index (χ3v) is 7.80. The van der Waals surface area contributed by atoms with Crippen LogP contribution < -0.4 is 16.0 Å². The number of benzene rings is 4. The van der Waals surface area contributed by atoms with E-state index < -0.39 is 17.6 Å². The molecule has 0 bridgehead atoms. The van der Waals surface area contributed by atoms with Gasteiger partial charge in [0.1, 0.15) is 5.69 Å². The first kappa shape index (κ1) is 32.3. The number of anilines is 2. The maximum absolute atomic E-state index is 13.3. The van der Waals surface area contributed by atoms with Crippen molar-refractivity contribution in [1.29, 1.82) is 0 Å². The van der Waals surface area contributed by atoms with Gasteiger partial charge >= 0.3 is 6.18 Å². The van der Waals surface area contributed by atoms with Crippen LogP contribution in [0.1, 0.15) is 45.8 Å². The number of carbonyl (C=O) groups excluding carboxylic acids is 3. The minimum Gasteiger partial charge on any atom is -0.352 e. The summed E-state index contributed by atoms with van der Waals surface area (Å²) in [5.74, 6) is -1.08. The van der Waals surface area contributed by atoms with Crippen molar-refractivity contribution < 1.29 is 27.6 Å². The van der Waals surface area contributed by atoms with Crippen LogP contribution in [0.15, 0.2) is 91.0 Å². The second kappa shape index (κ2) is 13.1. The van der Waals surface area contributed by atoms with Crippen LogP contribution in [0.2, 0.25) is 5.02 Å². The Labute approximate surface area is 268 Å². The molecule has 1 heterocycles. The molecule has 0 saturated heterocycles. The molecule has 0 aliphatic carbocycles. The van der Waals surface area contributed by atoms with Gasteiger partial charge in [-0.1, -0.05) is 55.8 Å². The summed E-state index contributed by atoms with van der Waals surface area (Å²) in [5, 5.41) is 9.50. The van der Waals surface area contributed by atoms with Gasteiger partial charge in [-0.25, -0.2) is 0 Å². The summed E-state index contributed by atoms with van der Waals surface area (Å²) < 4.78 is 40.6. The van der Waals surface area contributed by atoms with Gasteiger partial charge in [0.25, 0.3) is 11.8 Å². The summed E-state index contributed by atoms with van der Waals surface area (Å²) in [6.45, 7) is 3.85. The zero-order chi connectivity index (χ0) is 33.2. The van der Waals surface area contributed by atoms with Crippen LogP contribution in [0.25, 0.3) is 22.0 Å². The van der Waals surface area contributed by atoms with Crippen molar-refractivity contribution in [3.8, 4) is 11.1 Å². The van der Waals surface area contributed by atoms with Crippen LogP contribution >= 0.6 is 11.6 Å². The molecule has 7 nitrogen and oxygen atoms in total. The Morgan fingerprint density at radius 2 is 1.50 bits per heavy atom. The highest BCUT2D eigenvalue weighted by Crippen LogP contribution is 2.32. The smallest absolute Gasteiger partial charge is 0.352 e. The summed E-state index contributed by atoms with van der Waals surface area (Å²) >= 11 is 6.32. The lowest BCUT2D eigenvalue weighted by molar-refractivity contribution is -0.137. The van der Waals surface area contributed by atoms with Gasteiger partial charge in [-0.2, -0.15) is 13.2 Å². The molecule has 0 aliphatic rings. The first-order valence-corrected chi connectivity index (χ1v) is 14.7. The third kappa shape index (κ3) is 7.24. The van der Waals surface area contributed by atoms with E-state index in [0.29, 0.717) is 33.6 Å². The SMILES string of the molecule is CC(C)C(=O)NCc1ccc(Cl)c(C(=O)Nc2ccc3c(c2)cc(C(=O)Nc2cccc(-c4ccc(C(F)(F)F)cc4)c2)n3C)c1. The monoisotopic (exact) mass is 646 g/mol. The zero-order valence-corrected chi connectivity index (χ0v) is 25.9. The maximum atomic E-state index is 13.3. The standard InChI is InChI=1S/C35H30ClF3N4O3/c1-20(2)32(44)40-19-21-7-13-29(36)28(15-21)33(45)41-27-12-14-30-24(17-27)18-31(43(30)3)34(46)42-26-6-4-5-23(16-26)22-8-10-25(11-9-22)35(37,38)39/h4-18,20H,19H2,1-3H3,(H,40,44)(H,41,45)(H,42,46). The van der Waals surface area contributed by atoms with Crippen molar-refractivity contribution in [1.82, 2.24) is 9.88 Å². The minimum absolute atomic E-state index is 0.100. The number of amides is 3. The van der Waals surface area contributed by atoms with Gasteiger partial charge in [0.2, 0.25) is 5.91 Å². The molecule has 1 aromatic heterocycles. The molecule has 3 amide bonds. The number of rotatable bonds is 8. The summed E-state index contributed by atoms with van der Waals surface area (Å²) in [7, 11) is 1.75. The van der Waals surface area contributed by atoms with E-state index in [-0.39, 0.29) is 34.9 Å². The first-order chi connectivity index (χ1) is 21.8. The van der Waals surface area contributed by atoms with E-state index in [0.717, 1.165) is 23.2 Å². The maximum Gasteiger partial charge on any atom is 0.416 e. The van der Waals surface area contributed by atoms with Crippen LogP contribution in [-0.4, -0.2) is 22.3 Å². The molecule has 5 aromatic rings. The highest BCUT2D eigenvalue weighted by molar-refractivity contribution is 6.34. The molecule has 0 atom stereocenters. The minimum atomic E-state index is -4.42. The highest BCUT2D eigenvalue weighted by Gasteiger charge is 2.30. The van der Waals surface area contributed by atoms with Crippen molar-refractivity contribution in [2.75, 3.05) is 10.6 Å². The van der Waals surface area contributed by atoms with E-state index >= 15 is 0 Å². The van der Waals surface area contributed by atoms with Gasteiger partial charge in [0.15, 0.2) is 0 Å². The number of nitrogens with zero attached hydrogens (tertiary/aromatic N) is 1. The summed E-state index contributed by atoms with van der Waals surface area (Å²) in [6.07, 6.45) is -4.42. The number of hydrogen-bond donors (Lipinski definition) is 3. The van der Waals surface area contributed by atoms with Crippen molar-refractivity contribution in [3.05, 3.63) is 118 Å². The van der Waals surface area contributed by atoms with Gasteiger partial charge < -0.3 is 20.5 Å². The molecule has 5 rings (SSSR count). The predicted octanol–water partition coefficient (Wildman–Crippen LogP) is 8.29. The number of fused-ring (bicyclic) bond motifs is 1. The van der Waals surface area contributed by atoms with E-state index in [9.17, 15) is 27.6 Å². The topological polar surface area (TPSA) is 92.2 Å². The number of nitrogens with one attached hydrogen (secondary N) is 3. The number of hydrogen-bond acceptors (Lipinski definition) is 3. The molecule has 236 valence electrons. The Morgan fingerprint density at radius 1 is 0.804 bits per heavy atom. The quantitative estimate of drug-likeness (QED) is 0.158. The van der Waals surface area contributed by atoms with Gasteiger partial charge in [0.05, 0.1) is 16.1 Å². The van der Waals surface area contributed by atoms with Crippen molar-refractivity contribution in [2.24, 2.45) is 13.0 Å². The van der Waals surface area contributed by atoms with Crippen LogP contribution in [0.4, 0.5) is 24.5 Å². The van der Waals surface area contributed by atoms with Gasteiger partial charge in [-0.3, -0.25) is 14.4 Å². The number of carbonyl (C=O) groups is 3. The van der Waals surface area contributed by atoms with E-state index in [2.05, 4.69) is 16.0 Å².